The van der Waals surface area contributed by atoms with Gasteiger partial charge in [0, 0.05) is 5.56 Å². The highest BCUT2D eigenvalue weighted by molar-refractivity contribution is 9.11. The van der Waals surface area contributed by atoms with E-state index in [9.17, 15) is 0 Å². The number of halogens is 1. The summed E-state index contributed by atoms with van der Waals surface area (Å²) in [6.45, 7) is 20.4. The van der Waals surface area contributed by atoms with E-state index in [0.29, 0.717) is 0 Å². The first-order valence-electron chi connectivity index (χ1n) is 8.81. The van der Waals surface area contributed by atoms with E-state index in [-0.39, 0.29) is 10.8 Å². The van der Waals surface area contributed by atoms with Crippen molar-refractivity contribution in [2.45, 2.75) is 72.0 Å². The fourth-order valence-electron chi connectivity index (χ4n) is 2.82. The van der Waals surface area contributed by atoms with E-state index in [0.717, 1.165) is 5.75 Å². The molecule has 0 N–H and O–H groups in total. The van der Waals surface area contributed by atoms with Crippen molar-refractivity contribution >= 4 is 35.6 Å². The highest BCUT2D eigenvalue weighted by Crippen LogP contribution is 2.45. The van der Waals surface area contributed by atoms with Crippen molar-refractivity contribution in [3.63, 3.8) is 0 Å². The van der Waals surface area contributed by atoms with Crippen LogP contribution in [0.3, 0.4) is 0 Å². The third-order valence-corrected chi connectivity index (χ3v) is 6.55. The smallest absolute Gasteiger partial charge is 0.242 e. The molecular weight excluding hydrogens is 408 g/mol. The van der Waals surface area contributed by atoms with Crippen LogP contribution in [0.2, 0.25) is 19.6 Å². The lowest BCUT2D eigenvalue weighted by Crippen LogP contribution is -2.32. The van der Waals surface area contributed by atoms with Gasteiger partial charge < -0.3 is 4.43 Å². The summed E-state index contributed by atoms with van der Waals surface area (Å²) in [5.74, 6) is 1.11. The molecular formula is C21H31BrOSSi. The number of thiophene rings is 1. The third-order valence-electron chi connectivity index (χ3n) is 4.04. The molecule has 0 saturated carbocycles. The van der Waals surface area contributed by atoms with E-state index in [1.54, 1.807) is 11.3 Å². The Hall–Kier alpha value is -0.583. The molecule has 138 valence electrons. The molecule has 0 fully saturated rings. The minimum absolute atomic E-state index is 0.0213. The van der Waals surface area contributed by atoms with Gasteiger partial charge in [0.25, 0.3) is 0 Å². The Morgan fingerprint density at radius 3 is 1.72 bits per heavy atom. The SMILES string of the molecule is CC(C)(C)c1cc(-c2ccsc2Br)cc(C(C)(C)C)c1O[Si](C)(C)C. The standard InChI is InChI=1S/C21H31BrOSSi/c1-20(2,3)16-12-14(15-10-11-24-19(15)22)13-17(21(4,5)6)18(16)23-25(7,8)9/h10-13H,1-9H3. The second-order valence-corrected chi connectivity index (χ2v) is 16.4. The van der Waals surface area contributed by atoms with Crippen molar-refractivity contribution in [2.75, 3.05) is 0 Å². The molecule has 0 saturated heterocycles. The predicted octanol–water partition coefficient (Wildman–Crippen LogP) is 7.99. The van der Waals surface area contributed by atoms with Gasteiger partial charge in [-0.25, -0.2) is 0 Å². The van der Waals surface area contributed by atoms with Crippen LogP contribution in [0.1, 0.15) is 52.7 Å². The molecule has 0 aliphatic heterocycles. The Kier molecular flexibility index (Phi) is 5.69. The molecule has 0 aliphatic carbocycles. The van der Waals surface area contributed by atoms with Gasteiger partial charge in [-0.3, -0.25) is 0 Å². The normalized spacial score (nSPS) is 13.2. The molecule has 2 aromatic rings. The lowest BCUT2D eigenvalue weighted by molar-refractivity contribution is 0.478. The van der Waals surface area contributed by atoms with Crippen LogP contribution in [0.5, 0.6) is 5.75 Å². The van der Waals surface area contributed by atoms with E-state index in [1.165, 1.54) is 26.0 Å². The van der Waals surface area contributed by atoms with Crippen molar-refractivity contribution in [1.82, 2.24) is 0 Å². The summed E-state index contributed by atoms with van der Waals surface area (Å²) >= 11 is 5.45. The van der Waals surface area contributed by atoms with Crippen molar-refractivity contribution in [3.05, 3.63) is 38.5 Å². The van der Waals surface area contributed by atoms with E-state index in [4.69, 9.17) is 4.43 Å². The largest absolute Gasteiger partial charge is 0.544 e. The molecule has 1 heterocycles. The Morgan fingerprint density at radius 2 is 1.40 bits per heavy atom. The van der Waals surface area contributed by atoms with Gasteiger partial charge >= 0.3 is 0 Å². The number of benzene rings is 1. The van der Waals surface area contributed by atoms with Gasteiger partial charge in [-0.15, -0.1) is 11.3 Å². The minimum atomic E-state index is -1.72. The zero-order chi connectivity index (χ0) is 19.2. The molecule has 2 rings (SSSR count). The minimum Gasteiger partial charge on any atom is -0.544 e. The van der Waals surface area contributed by atoms with Crippen molar-refractivity contribution in [2.24, 2.45) is 0 Å². The average Bonchev–Trinajstić information content (AvgIpc) is 2.80. The van der Waals surface area contributed by atoms with Crippen molar-refractivity contribution in [1.29, 1.82) is 0 Å². The maximum Gasteiger partial charge on any atom is 0.242 e. The van der Waals surface area contributed by atoms with Crippen LogP contribution < -0.4 is 4.43 Å². The van der Waals surface area contributed by atoms with Gasteiger partial charge in [0.15, 0.2) is 0 Å². The van der Waals surface area contributed by atoms with Gasteiger partial charge in [0.05, 0.1) is 3.79 Å². The summed E-state index contributed by atoms with van der Waals surface area (Å²) in [6.07, 6.45) is 0. The Balaban J connectivity index is 2.84. The molecule has 0 aliphatic rings. The number of hydrogen-bond donors (Lipinski definition) is 0. The van der Waals surface area contributed by atoms with E-state index >= 15 is 0 Å². The number of rotatable bonds is 3. The quantitative estimate of drug-likeness (QED) is 0.441. The molecule has 4 heteroatoms. The van der Waals surface area contributed by atoms with Crippen LogP contribution in [0.25, 0.3) is 11.1 Å². The van der Waals surface area contributed by atoms with Crippen molar-refractivity contribution < 1.29 is 4.43 Å². The summed E-state index contributed by atoms with van der Waals surface area (Å²) in [4.78, 5) is 0. The summed E-state index contributed by atoms with van der Waals surface area (Å²) in [5, 5.41) is 2.14. The summed E-state index contributed by atoms with van der Waals surface area (Å²) < 4.78 is 7.84. The highest BCUT2D eigenvalue weighted by atomic mass is 79.9. The first kappa shape index (κ1) is 20.7. The molecule has 1 aromatic heterocycles. The van der Waals surface area contributed by atoms with Gasteiger partial charge in [0.2, 0.25) is 8.32 Å². The maximum absolute atomic E-state index is 6.65. The maximum atomic E-state index is 6.65. The van der Waals surface area contributed by atoms with Crippen LogP contribution in [0.4, 0.5) is 0 Å². The topological polar surface area (TPSA) is 9.23 Å². The van der Waals surface area contributed by atoms with E-state index in [2.05, 4.69) is 101 Å². The first-order chi connectivity index (χ1) is 11.2. The predicted molar refractivity (Wildman–Crippen MR) is 119 cm³/mol. The molecule has 0 atom stereocenters. The van der Waals surface area contributed by atoms with Crippen LogP contribution in [-0.4, -0.2) is 8.32 Å². The van der Waals surface area contributed by atoms with Crippen LogP contribution in [0, 0.1) is 0 Å². The molecule has 0 unspecified atom stereocenters. The van der Waals surface area contributed by atoms with Gasteiger partial charge in [-0.1, -0.05) is 41.5 Å². The zero-order valence-corrected chi connectivity index (χ0v) is 20.4. The Morgan fingerprint density at radius 1 is 0.920 bits per heavy atom. The molecule has 0 bridgehead atoms. The molecule has 1 nitrogen and oxygen atoms in total. The van der Waals surface area contributed by atoms with Crippen LogP contribution in [0.15, 0.2) is 27.4 Å². The third kappa shape index (κ3) is 4.99. The number of hydrogen-bond acceptors (Lipinski definition) is 2. The lowest BCUT2D eigenvalue weighted by Gasteiger charge is -2.34. The van der Waals surface area contributed by atoms with Crippen molar-refractivity contribution in [3.8, 4) is 16.9 Å². The highest BCUT2D eigenvalue weighted by Gasteiger charge is 2.31. The fourth-order valence-corrected chi connectivity index (χ4v) is 4.97. The molecule has 0 amide bonds. The van der Waals surface area contributed by atoms with Crippen LogP contribution in [-0.2, 0) is 10.8 Å². The monoisotopic (exact) mass is 438 g/mol. The molecule has 25 heavy (non-hydrogen) atoms. The average molecular weight is 440 g/mol. The fraction of sp³-hybridized carbons (Fsp3) is 0.524. The zero-order valence-electron chi connectivity index (χ0n) is 17.0. The Labute approximate surface area is 167 Å². The van der Waals surface area contributed by atoms with Crippen LogP contribution >= 0.6 is 27.3 Å². The molecule has 0 spiro atoms. The summed E-state index contributed by atoms with van der Waals surface area (Å²) in [6, 6.07) is 6.86. The summed E-state index contributed by atoms with van der Waals surface area (Å²) in [5.41, 5.74) is 5.18. The van der Waals surface area contributed by atoms with Gasteiger partial charge in [-0.2, -0.15) is 0 Å². The molecule has 0 radical (unpaired) electrons. The van der Waals surface area contributed by atoms with Gasteiger partial charge in [0.1, 0.15) is 5.75 Å². The lowest BCUT2D eigenvalue weighted by atomic mass is 9.78. The summed E-state index contributed by atoms with van der Waals surface area (Å²) in [7, 11) is -1.72. The Bertz CT molecular complexity index is 722. The van der Waals surface area contributed by atoms with E-state index in [1.807, 2.05) is 0 Å². The second kappa shape index (κ2) is 6.86. The molecule has 1 aromatic carbocycles. The van der Waals surface area contributed by atoms with Gasteiger partial charge in [-0.05, 0) is 86.7 Å². The van der Waals surface area contributed by atoms with E-state index < -0.39 is 8.32 Å². The second-order valence-electron chi connectivity index (χ2n) is 9.72. The first-order valence-corrected chi connectivity index (χ1v) is 13.9.